The molecule has 7 nitrogen and oxygen atoms in total. The molecule has 2 aromatic carbocycles. The lowest BCUT2D eigenvalue weighted by Gasteiger charge is -2.32. The van der Waals surface area contributed by atoms with Crippen molar-refractivity contribution in [2.24, 2.45) is 0 Å². The van der Waals surface area contributed by atoms with Crippen molar-refractivity contribution in [1.29, 1.82) is 0 Å². The Labute approximate surface area is 180 Å². The van der Waals surface area contributed by atoms with Gasteiger partial charge in [-0.15, -0.1) is 0 Å². The quantitative estimate of drug-likeness (QED) is 0.592. The molecule has 0 aliphatic carbocycles. The number of aromatic nitrogens is 1. The first-order valence-corrected chi connectivity index (χ1v) is 11.1. The van der Waals surface area contributed by atoms with Crippen molar-refractivity contribution in [2.45, 2.75) is 11.0 Å². The predicted octanol–water partition coefficient (Wildman–Crippen LogP) is 3.67. The first-order valence-electron chi connectivity index (χ1n) is 9.32. The molecule has 0 radical (unpaired) electrons. The van der Waals surface area contributed by atoms with E-state index in [1.54, 1.807) is 6.20 Å². The number of sulfonamides is 1. The van der Waals surface area contributed by atoms with E-state index < -0.39 is 16.1 Å². The number of morpholine rings is 1. The molecule has 1 saturated heterocycles. The summed E-state index contributed by atoms with van der Waals surface area (Å²) >= 11 is 6.19. The van der Waals surface area contributed by atoms with Crippen molar-refractivity contribution in [3.8, 4) is 11.5 Å². The van der Waals surface area contributed by atoms with Crippen LogP contribution in [0, 0.1) is 0 Å². The predicted molar refractivity (Wildman–Crippen MR) is 114 cm³/mol. The van der Waals surface area contributed by atoms with Crippen LogP contribution in [0.4, 0.5) is 0 Å². The summed E-state index contributed by atoms with van der Waals surface area (Å²) in [6, 6.07) is 12.6. The van der Waals surface area contributed by atoms with Crippen molar-refractivity contribution in [2.75, 3.05) is 33.9 Å². The Morgan fingerprint density at radius 2 is 1.83 bits per heavy atom. The van der Waals surface area contributed by atoms with Gasteiger partial charge in [-0.3, -0.25) is 4.98 Å². The summed E-state index contributed by atoms with van der Waals surface area (Å²) in [6.45, 7) is 0.615. The summed E-state index contributed by atoms with van der Waals surface area (Å²) in [7, 11) is -1.01. The number of methoxy groups -OCH3 is 2. The molecule has 0 bridgehead atoms. The van der Waals surface area contributed by atoms with E-state index in [9.17, 15) is 8.42 Å². The Morgan fingerprint density at radius 1 is 1.10 bits per heavy atom. The van der Waals surface area contributed by atoms with Crippen LogP contribution in [-0.4, -0.2) is 51.6 Å². The van der Waals surface area contributed by atoms with Crippen molar-refractivity contribution in [1.82, 2.24) is 9.29 Å². The Hall–Kier alpha value is -2.39. The number of halogens is 1. The van der Waals surface area contributed by atoms with E-state index in [4.69, 9.17) is 25.8 Å². The second-order valence-electron chi connectivity index (χ2n) is 6.82. The zero-order chi connectivity index (χ0) is 21.3. The van der Waals surface area contributed by atoms with E-state index in [-0.39, 0.29) is 35.4 Å². The van der Waals surface area contributed by atoms with Crippen molar-refractivity contribution in [3.05, 3.63) is 59.4 Å². The largest absolute Gasteiger partial charge is 0.495 e. The molecule has 1 fully saturated rings. The van der Waals surface area contributed by atoms with Gasteiger partial charge in [0.25, 0.3) is 0 Å². The fourth-order valence-electron chi connectivity index (χ4n) is 3.47. The van der Waals surface area contributed by atoms with Gasteiger partial charge in [0, 0.05) is 30.7 Å². The summed E-state index contributed by atoms with van der Waals surface area (Å²) in [4.78, 5) is 4.47. The normalized spacial score (nSPS) is 17.8. The number of pyridine rings is 1. The van der Waals surface area contributed by atoms with Gasteiger partial charge in [-0.05, 0) is 17.5 Å². The van der Waals surface area contributed by atoms with Crippen LogP contribution >= 0.6 is 11.6 Å². The fraction of sp³-hybridized carbons (Fsp3) is 0.286. The fourth-order valence-corrected chi connectivity index (χ4v) is 5.37. The molecule has 4 rings (SSSR count). The van der Waals surface area contributed by atoms with Gasteiger partial charge in [0.1, 0.15) is 22.5 Å². The average Bonchev–Trinajstić information content (AvgIpc) is 2.78. The van der Waals surface area contributed by atoms with Crippen LogP contribution in [0.15, 0.2) is 53.6 Å². The van der Waals surface area contributed by atoms with Crippen LogP contribution in [0.3, 0.4) is 0 Å². The third kappa shape index (κ3) is 3.83. The average molecular weight is 449 g/mol. The Kier molecular flexibility index (Phi) is 5.84. The molecule has 1 aliphatic rings. The lowest BCUT2D eigenvalue weighted by Crippen LogP contribution is -2.42. The van der Waals surface area contributed by atoms with Gasteiger partial charge in [-0.25, -0.2) is 8.42 Å². The zero-order valence-electron chi connectivity index (χ0n) is 16.5. The van der Waals surface area contributed by atoms with E-state index in [1.807, 2.05) is 30.3 Å². The van der Waals surface area contributed by atoms with Crippen LogP contribution in [0.2, 0.25) is 5.02 Å². The molecule has 1 unspecified atom stereocenters. The van der Waals surface area contributed by atoms with E-state index in [1.165, 1.54) is 30.7 Å². The smallest absolute Gasteiger partial charge is 0.246 e. The van der Waals surface area contributed by atoms with Gasteiger partial charge in [-0.1, -0.05) is 35.9 Å². The lowest BCUT2D eigenvalue weighted by atomic mass is 10.1. The Balaban J connectivity index is 1.66. The molecule has 1 atom stereocenters. The molecule has 30 heavy (non-hydrogen) atoms. The molecule has 158 valence electrons. The molecule has 2 heterocycles. The highest BCUT2D eigenvalue weighted by atomic mass is 35.5. The lowest BCUT2D eigenvalue weighted by molar-refractivity contribution is -0.00488. The maximum atomic E-state index is 13.4. The molecule has 1 aliphatic heterocycles. The summed E-state index contributed by atoms with van der Waals surface area (Å²) in [6.07, 6.45) is 1.30. The molecule has 0 amide bonds. The Bertz CT molecular complexity index is 1190. The zero-order valence-corrected chi connectivity index (χ0v) is 18.1. The highest BCUT2D eigenvalue weighted by molar-refractivity contribution is 7.89. The molecule has 0 spiro atoms. The number of hydrogen-bond acceptors (Lipinski definition) is 6. The van der Waals surface area contributed by atoms with Gasteiger partial charge in [0.2, 0.25) is 10.0 Å². The molecule has 9 heteroatoms. The number of rotatable bonds is 5. The van der Waals surface area contributed by atoms with E-state index in [0.717, 1.165) is 10.8 Å². The van der Waals surface area contributed by atoms with E-state index >= 15 is 0 Å². The summed E-state index contributed by atoms with van der Waals surface area (Å²) in [5.41, 5.74) is 0.688. The number of benzene rings is 2. The van der Waals surface area contributed by atoms with Gasteiger partial charge in [0.15, 0.2) is 0 Å². The molecular formula is C21H21ClN2O5S. The van der Waals surface area contributed by atoms with Gasteiger partial charge < -0.3 is 14.2 Å². The number of hydrogen-bond donors (Lipinski definition) is 0. The van der Waals surface area contributed by atoms with Gasteiger partial charge in [0.05, 0.1) is 31.5 Å². The highest BCUT2D eigenvalue weighted by Gasteiger charge is 2.34. The molecule has 0 N–H and O–H groups in total. The SMILES string of the molecule is COc1cc(OC)c(S(=O)(=O)N2CCOC(c3cc4ccccc4cn3)C2)cc1Cl. The van der Waals surface area contributed by atoms with Crippen LogP contribution in [0.25, 0.3) is 10.8 Å². The van der Waals surface area contributed by atoms with E-state index in [0.29, 0.717) is 11.4 Å². The number of fused-ring (bicyclic) bond motifs is 1. The summed E-state index contributed by atoms with van der Waals surface area (Å²) in [5, 5.41) is 2.23. The summed E-state index contributed by atoms with van der Waals surface area (Å²) < 4.78 is 44.4. The van der Waals surface area contributed by atoms with Crippen LogP contribution in [0.1, 0.15) is 11.8 Å². The highest BCUT2D eigenvalue weighted by Crippen LogP contribution is 2.37. The first-order chi connectivity index (χ1) is 14.4. The first kappa shape index (κ1) is 20.9. The molecule has 0 saturated carbocycles. The van der Waals surface area contributed by atoms with Crippen molar-refractivity contribution >= 4 is 32.4 Å². The van der Waals surface area contributed by atoms with Crippen molar-refractivity contribution in [3.63, 3.8) is 0 Å². The minimum absolute atomic E-state index is 0.0112. The molecule has 3 aromatic rings. The maximum absolute atomic E-state index is 13.4. The standard InChI is InChI=1S/C21H21ClN2O5S/c1-27-18-11-19(28-2)21(10-16(18)22)30(25,26)24-7-8-29-20(13-24)17-9-14-5-3-4-6-15(14)12-23-17/h3-6,9-12,20H,7-8,13H2,1-2H3. The third-order valence-electron chi connectivity index (χ3n) is 5.07. The second-order valence-corrected chi connectivity index (χ2v) is 9.13. The third-order valence-corrected chi connectivity index (χ3v) is 7.25. The van der Waals surface area contributed by atoms with Crippen molar-refractivity contribution < 1.29 is 22.6 Å². The maximum Gasteiger partial charge on any atom is 0.246 e. The van der Waals surface area contributed by atoms with Crippen LogP contribution in [0.5, 0.6) is 11.5 Å². The number of nitrogens with zero attached hydrogens (tertiary/aromatic N) is 2. The topological polar surface area (TPSA) is 78.0 Å². The van der Waals surface area contributed by atoms with E-state index in [2.05, 4.69) is 4.98 Å². The Morgan fingerprint density at radius 3 is 2.57 bits per heavy atom. The van der Waals surface area contributed by atoms with Gasteiger partial charge >= 0.3 is 0 Å². The summed E-state index contributed by atoms with van der Waals surface area (Å²) in [5.74, 6) is 0.510. The van der Waals surface area contributed by atoms with Gasteiger partial charge in [-0.2, -0.15) is 4.31 Å². The number of ether oxygens (including phenoxy) is 3. The minimum Gasteiger partial charge on any atom is -0.495 e. The molecule has 1 aromatic heterocycles. The molecular weight excluding hydrogens is 428 g/mol. The van der Waals surface area contributed by atoms with Crippen LogP contribution in [-0.2, 0) is 14.8 Å². The monoisotopic (exact) mass is 448 g/mol. The minimum atomic E-state index is -3.88. The second kappa shape index (κ2) is 8.39. The van der Waals surface area contributed by atoms with Crippen LogP contribution < -0.4 is 9.47 Å².